The molecule has 1 aliphatic rings. The lowest BCUT2D eigenvalue weighted by Crippen LogP contribution is -2.57. The Morgan fingerprint density at radius 1 is 1.25 bits per heavy atom. The molecule has 1 N–H and O–H groups in total. The van der Waals surface area contributed by atoms with Gasteiger partial charge < -0.3 is 19.3 Å². The first kappa shape index (κ1) is 23.2. The number of aliphatic hydroxyl groups excluding tert-OH is 1. The van der Waals surface area contributed by atoms with E-state index in [1.807, 2.05) is 0 Å². The zero-order chi connectivity index (χ0) is 23.6. The van der Waals surface area contributed by atoms with Gasteiger partial charge in [0.05, 0.1) is 12.3 Å². The number of carbonyl (C=O) groups excluding carboxylic acids is 2. The molecule has 0 amide bonds. The highest BCUT2D eigenvalue weighted by Gasteiger charge is 2.49. The van der Waals surface area contributed by atoms with Crippen molar-refractivity contribution in [1.29, 1.82) is 5.26 Å². The fourth-order valence-corrected chi connectivity index (χ4v) is 3.28. The van der Waals surface area contributed by atoms with Crippen LogP contribution in [-0.2, 0) is 23.8 Å². The van der Waals surface area contributed by atoms with Crippen LogP contribution in [0.1, 0.15) is 19.9 Å². The van der Waals surface area contributed by atoms with Gasteiger partial charge in [-0.15, -0.1) is 5.10 Å². The Bertz CT molecular complexity index is 1050. The first-order chi connectivity index (χ1) is 15.1. The summed E-state index contributed by atoms with van der Waals surface area (Å²) in [6, 6.07) is 1.92. The van der Waals surface area contributed by atoms with Crippen LogP contribution in [0.15, 0.2) is 18.3 Å². The normalized spacial score (nSPS) is 25.1. The Balaban J connectivity index is 2.01. The topological polar surface area (TPSA) is 137 Å². The fraction of sp³-hybridized carbons (Fsp3) is 0.421. The van der Waals surface area contributed by atoms with Gasteiger partial charge in [0.1, 0.15) is 30.6 Å². The van der Waals surface area contributed by atoms with Gasteiger partial charge in [-0.1, -0.05) is 5.21 Å². The largest absolute Gasteiger partial charge is 0.463 e. The van der Waals surface area contributed by atoms with Gasteiger partial charge in [-0.05, 0) is 12.1 Å². The van der Waals surface area contributed by atoms with Gasteiger partial charge in [0.25, 0.3) is 0 Å². The van der Waals surface area contributed by atoms with Crippen molar-refractivity contribution in [3.8, 4) is 17.3 Å². The quantitative estimate of drug-likeness (QED) is 0.519. The molecule has 32 heavy (non-hydrogen) atoms. The van der Waals surface area contributed by atoms with Crippen LogP contribution in [0.3, 0.4) is 0 Å². The van der Waals surface area contributed by atoms with Crippen molar-refractivity contribution in [1.82, 2.24) is 15.0 Å². The Hall–Kier alpha value is -3.50. The summed E-state index contributed by atoms with van der Waals surface area (Å²) < 4.78 is 57.1. The molecule has 3 rings (SSSR count). The first-order valence-electron chi connectivity index (χ1n) is 9.22. The molecule has 0 bridgehead atoms. The van der Waals surface area contributed by atoms with E-state index >= 15 is 0 Å². The van der Waals surface area contributed by atoms with Crippen LogP contribution < -0.4 is 0 Å². The average Bonchev–Trinajstić information content (AvgIpc) is 3.20. The third-order valence-electron chi connectivity index (χ3n) is 4.66. The van der Waals surface area contributed by atoms with Crippen LogP contribution in [0.25, 0.3) is 11.3 Å². The summed E-state index contributed by atoms with van der Waals surface area (Å²) in [6.07, 6.45) is -4.24. The molecule has 1 aromatic carbocycles. The summed E-state index contributed by atoms with van der Waals surface area (Å²) in [7, 11) is 0. The summed E-state index contributed by atoms with van der Waals surface area (Å²) in [5.74, 6) is -5.95. The number of aliphatic hydroxyl groups is 1. The minimum atomic E-state index is -1.65. The average molecular weight is 454 g/mol. The lowest BCUT2D eigenvalue weighted by atomic mass is 9.92. The highest BCUT2D eigenvalue weighted by atomic mass is 19.2. The molecule has 0 aliphatic carbocycles. The predicted molar refractivity (Wildman–Crippen MR) is 96.8 cm³/mol. The number of benzene rings is 1. The summed E-state index contributed by atoms with van der Waals surface area (Å²) in [6.45, 7) is 1.84. The molecule has 0 radical (unpaired) electrons. The zero-order valence-corrected chi connectivity index (χ0v) is 16.7. The number of hydrogen-bond donors (Lipinski definition) is 1. The predicted octanol–water partition coefficient (Wildman–Crippen LogP) is 1.05. The van der Waals surface area contributed by atoms with Gasteiger partial charge >= 0.3 is 11.9 Å². The number of hydrogen-bond acceptors (Lipinski definition) is 9. The molecule has 2 heterocycles. The smallest absolute Gasteiger partial charge is 0.303 e. The van der Waals surface area contributed by atoms with E-state index < -0.39 is 66.5 Å². The molecule has 0 unspecified atom stereocenters. The van der Waals surface area contributed by atoms with Gasteiger partial charge in [0.2, 0.25) is 0 Å². The molecule has 5 atom stereocenters. The second-order valence-electron chi connectivity index (χ2n) is 6.92. The van der Waals surface area contributed by atoms with Gasteiger partial charge in [0.15, 0.2) is 29.7 Å². The standard InChI is InChI=1S/C19H17F3N4O6/c1-8(27)30-7-15-19(31-9(2)28)17(18(29)14(5-23)32-15)26-6-13(24-25-26)10-3-11(20)16(22)12(21)4-10/h3-4,6,14-15,17-19,29H,7H2,1-2H3/t14-,15+,17+,18-,19-/m0/s1. The van der Waals surface area contributed by atoms with E-state index in [9.17, 15) is 33.1 Å². The molecule has 0 spiro atoms. The number of nitrogens with zero attached hydrogens (tertiary/aromatic N) is 4. The first-order valence-corrected chi connectivity index (χ1v) is 9.22. The van der Waals surface area contributed by atoms with Gasteiger partial charge in [0, 0.05) is 19.4 Å². The van der Waals surface area contributed by atoms with Crippen LogP contribution in [0.2, 0.25) is 0 Å². The minimum absolute atomic E-state index is 0.0897. The summed E-state index contributed by atoms with van der Waals surface area (Å²) >= 11 is 0. The summed E-state index contributed by atoms with van der Waals surface area (Å²) in [5.41, 5.74) is -0.236. The third-order valence-corrected chi connectivity index (χ3v) is 4.66. The van der Waals surface area contributed by atoms with Crippen molar-refractivity contribution in [2.75, 3.05) is 6.61 Å². The number of aromatic nitrogens is 3. The number of nitriles is 1. The van der Waals surface area contributed by atoms with Crippen molar-refractivity contribution in [2.24, 2.45) is 0 Å². The second-order valence-corrected chi connectivity index (χ2v) is 6.92. The molecule has 170 valence electrons. The Morgan fingerprint density at radius 2 is 1.91 bits per heavy atom. The summed E-state index contributed by atoms with van der Waals surface area (Å²) in [4.78, 5) is 22.9. The Morgan fingerprint density at radius 3 is 2.47 bits per heavy atom. The van der Waals surface area contributed by atoms with E-state index in [4.69, 9.17) is 14.2 Å². The number of rotatable bonds is 5. The molecule has 2 aromatic rings. The van der Waals surface area contributed by atoms with Crippen molar-refractivity contribution < 1.29 is 42.1 Å². The number of halogens is 3. The van der Waals surface area contributed by atoms with Crippen LogP contribution in [0, 0.1) is 28.8 Å². The van der Waals surface area contributed by atoms with Crippen LogP contribution >= 0.6 is 0 Å². The van der Waals surface area contributed by atoms with Crippen molar-refractivity contribution in [3.05, 3.63) is 35.8 Å². The number of esters is 2. The van der Waals surface area contributed by atoms with Crippen molar-refractivity contribution in [3.63, 3.8) is 0 Å². The van der Waals surface area contributed by atoms with E-state index in [-0.39, 0.29) is 11.3 Å². The van der Waals surface area contributed by atoms with Gasteiger partial charge in [-0.2, -0.15) is 5.26 Å². The second kappa shape index (κ2) is 9.33. The molecule has 1 saturated heterocycles. The van der Waals surface area contributed by atoms with Crippen molar-refractivity contribution in [2.45, 2.75) is 44.3 Å². The van der Waals surface area contributed by atoms with E-state index in [0.29, 0.717) is 12.1 Å². The van der Waals surface area contributed by atoms with E-state index in [1.54, 1.807) is 6.07 Å². The van der Waals surface area contributed by atoms with E-state index in [1.165, 1.54) is 6.20 Å². The molecule has 1 aromatic heterocycles. The van der Waals surface area contributed by atoms with Crippen LogP contribution in [0.4, 0.5) is 13.2 Å². The maximum atomic E-state index is 13.6. The molecule has 10 nitrogen and oxygen atoms in total. The fourth-order valence-electron chi connectivity index (χ4n) is 3.28. The highest BCUT2D eigenvalue weighted by molar-refractivity contribution is 5.66. The van der Waals surface area contributed by atoms with Crippen LogP contribution in [-0.4, -0.2) is 63.1 Å². The maximum Gasteiger partial charge on any atom is 0.303 e. The zero-order valence-electron chi connectivity index (χ0n) is 16.7. The Labute approximate surface area is 179 Å². The SMILES string of the molecule is CC(=O)OC[C@H]1O[C@@H](C#N)[C@H](O)[C@@H](n2cc(-c3cc(F)c(F)c(F)c3)nn2)[C@H]1OC(C)=O. The molecule has 1 fully saturated rings. The number of carbonyl (C=O) groups is 2. The molecule has 1 aliphatic heterocycles. The number of ether oxygens (including phenoxy) is 3. The lowest BCUT2D eigenvalue weighted by molar-refractivity contribution is -0.210. The van der Waals surface area contributed by atoms with Gasteiger partial charge in [-0.25, -0.2) is 17.9 Å². The van der Waals surface area contributed by atoms with Crippen LogP contribution in [0.5, 0.6) is 0 Å². The lowest BCUT2D eigenvalue weighted by Gasteiger charge is -2.41. The third kappa shape index (κ3) is 4.71. The minimum Gasteiger partial charge on any atom is -0.463 e. The summed E-state index contributed by atoms with van der Waals surface area (Å²) in [5, 5.41) is 27.6. The Kier molecular flexibility index (Phi) is 6.75. The van der Waals surface area contributed by atoms with E-state index in [2.05, 4.69) is 10.3 Å². The van der Waals surface area contributed by atoms with Crippen molar-refractivity contribution >= 4 is 11.9 Å². The molecule has 13 heteroatoms. The molecular formula is C19H17F3N4O6. The highest BCUT2D eigenvalue weighted by Crippen LogP contribution is 2.33. The van der Waals surface area contributed by atoms with E-state index in [0.717, 1.165) is 18.5 Å². The molecule has 0 saturated carbocycles. The monoisotopic (exact) mass is 454 g/mol. The molecular weight excluding hydrogens is 437 g/mol. The van der Waals surface area contributed by atoms with Gasteiger partial charge in [-0.3, -0.25) is 9.59 Å². The maximum absolute atomic E-state index is 13.6.